The molecule has 0 spiro atoms. The Morgan fingerprint density at radius 1 is 1.71 bits per heavy atom. The molecule has 0 radical (unpaired) electrons. The van der Waals surface area contributed by atoms with Crippen molar-refractivity contribution in [2.75, 3.05) is 12.0 Å². The molecular weight excluding hydrogens is 256 g/mol. The molecule has 1 amide bonds. The van der Waals surface area contributed by atoms with E-state index in [1.54, 1.807) is 11.8 Å². The first-order valence-electron chi connectivity index (χ1n) is 5.55. The molecule has 17 heavy (non-hydrogen) atoms. The second-order valence-corrected chi connectivity index (χ2v) is 5.53. The van der Waals surface area contributed by atoms with Crippen LogP contribution in [-0.4, -0.2) is 34.1 Å². The van der Waals surface area contributed by atoms with Crippen LogP contribution in [0.25, 0.3) is 0 Å². The Kier molecular flexibility index (Phi) is 6.54. The van der Waals surface area contributed by atoms with Crippen molar-refractivity contribution < 1.29 is 9.90 Å². The molecule has 4 nitrogen and oxygen atoms in total. The number of carbonyl (C=O) groups excluding carboxylic acids is 1. The molecule has 6 heteroatoms. The lowest BCUT2D eigenvalue weighted by molar-refractivity contribution is -0.129. The fourth-order valence-corrected chi connectivity index (χ4v) is 2.51. The smallest absolute Gasteiger partial charge is 0.249 e. The summed E-state index contributed by atoms with van der Waals surface area (Å²) in [5.41, 5.74) is 1.04. The van der Waals surface area contributed by atoms with Gasteiger partial charge in [0.1, 0.15) is 11.1 Å². The van der Waals surface area contributed by atoms with Crippen LogP contribution in [-0.2, 0) is 17.8 Å². The van der Waals surface area contributed by atoms with Crippen LogP contribution < -0.4 is 5.32 Å². The van der Waals surface area contributed by atoms with Gasteiger partial charge in [-0.15, -0.1) is 11.3 Å². The molecule has 0 bridgehead atoms. The topological polar surface area (TPSA) is 62.2 Å². The zero-order valence-corrected chi connectivity index (χ0v) is 11.7. The zero-order valence-electron chi connectivity index (χ0n) is 10.1. The van der Waals surface area contributed by atoms with Crippen LogP contribution >= 0.6 is 23.1 Å². The minimum atomic E-state index is -0.909. The molecule has 0 unspecified atom stereocenters. The van der Waals surface area contributed by atoms with E-state index in [1.165, 1.54) is 11.3 Å². The largest absolute Gasteiger partial charge is 0.383 e. The van der Waals surface area contributed by atoms with Crippen molar-refractivity contribution in [3.8, 4) is 0 Å². The van der Waals surface area contributed by atoms with E-state index in [0.717, 1.165) is 22.9 Å². The summed E-state index contributed by atoms with van der Waals surface area (Å²) in [5.74, 6) is 0.471. The van der Waals surface area contributed by atoms with Crippen molar-refractivity contribution in [1.82, 2.24) is 10.3 Å². The van der Waals surface area contributed by atoms with Gasteiger partial charge < -0.3 is 10.4 Å². The second kappa shape index (κ2) is 7.68. The van der Waals surface area contributed by atoms with Crippen molar-refractivity contribution in [2.24, 2.45) is 0 Å². The molecule has 1 heterocycles. The van der Waals surface area contributed by atoms with Crippen molar-refractivity contribution >= 4 is 29.0 Å². The third-order valence-corrected chi connectivity index (χ3v) is 3.82. The average Bonchev–Trinajstić information content (AvgIpc) is 2.80. The molecule has 0 saturated carbocycles. The first-order chi connectivity index (χ1) is 8.17. The highest BCUT2D eigenvalue weighted by atomic mass is 32.2. The first kappa shape index (κ1) is 14.5. The number of aliphatic hydroxyl groups is 1. The van der Waals surface area contributed by atoms with Gasteiger partial charge in [-0.1, -0.05) is 6.92 Å². The van der Waals surface area contributed by atoms with E-state index in [0.29, 0.717) is 13.0 Å². The van der Waals surface area contributed by atoms with E-state index in [4.69, 9.17) is 0 Å². The van der Waals surface area contributed by atoms with Crippen molar-refractivity contribution in [2.45, 2.75) is 32.4 Å². The summed E-state index contributed by atoms with van der Waals surface area (Å²) in [6.45, 7) is 2.45. The summed E-state index contributed by atoms with van der Waals surface area (Å²) in [6, 6.07) is 0. The standard InChI is InChI=1S/C11H18N2O2S2/c1-3-8-7-17-10(13-8)6-12-11(15)9(14)4-5-16-2/h7,9,14H,3-6H2,1-2H3,(H,12,15)/t9-/m0/s1. The van der Waals surface area contributed by atoms with Crippen LogP contribution in [0.3, 0.4) is 0 Å². The third kappa shape index (κ3) is 5.06. The minimum Gasteiger partial charge on any atom is -0.383 e. The number of thioether (sulfide) groups is 1. The van der Waals surface area contributed by atoms with Gasteiger partial charge in [0.25, 0.3) is 0 Å². The fraction of sp³-hybridized carbons (Fsp3) is 0.636. The Morgan fingerprint density at radius 2 is 2.47 bits per heavy atom. The summed E-state index contributed by atoms with van der Waals surface area (Å²) in [6.07, 6.45) is 2.44. The van der Waals surface area contributed by atoms with E-state index in [-0.39, 0.29) is 5.91 Å². The average molecular weight is 274 g/mol. The van der Waals surface area contributed by atoms with Gasteiger partial charge in [-0.25, -0.2) is 4.98 Å². The maximum Gasteiger partial charge on any atom is 0.249 e. The molecule has 1 rings (SSSR count). The van der Waals surface area contributed by atoms with Crippen molar-refractivity contribution in [1.29, 1.82) is 0 Å². The van der Waals surface area contributed by atoms with Crippen LogP contribution in [0.4, 0.5) is 0 Å². The second-order valence-electron chi connectivity index (χ2n) is 3.60. The zero-order chi connectivity index (χ0) is 12.7. The van der Waals surface area contributed by atoms with E-state index in [2.05, 4.69) is 10.3 Å². The van der Waals surface area contributed by atoms with E-state index >= 15 is 0 Å². The van der Waals surface area contributed by atoms with Gasteiger partial charge in [-0.3, -0.25) is 4.79 Å². The first-order valence-corrected chi connectivity index (χ1v) is 7.82. The van der Waals surface area contributed by atoms with Crippen molar-refractivity contribution in [3.63, 3.8) is 0 Å². The third-order valence-electron chi connectivity index (χ3n) is 2.27. The number of aryl methyl sites for hydroxylation is 1. The molecule has 1 aromatic heterocycles. The number of aromatic nitrogens is 1. The van der Waals surface area contributed by atoms with Crippen LogP contribution in [0.2, 0.25) is 0 Å². The molecule has 96 valence electrons. The minimum absolute atomic E-state index is 0.313. The van der Waals surface area contributed by atoms with Crippen molar-refractivity contribution in [3.05, 3.63) is 16.1 Å². The number of nitrogens with zero attached hydrogens (tertiary/aromatic N) is 1. The molecule has 2 N–H and O–H groups in total. The molecule has 0 fully saturated rings. The van der Waals surface area contributed by atoms with Gasteiger partial charge in [0.15, 0.2) is 0 Å². The van der Waals surface area contributed by atoms with E-state index in [1.807, 2.05) is 18.6 Å². The summed E-state index contributed by atoms with van der Waals surface area (Å²) in [4.78, 5) is 15.8. The predicted molar refractivity (Wildman–Crippen MR) is 72.3 cm³/mol. The van der Waals surface area contributed by atoms with E-state index in [9.17, 15) is 9.90 Å². The summed E-state index contributed by atoms with van der Waals surface area (Å²) >= 11 is 3.15. The summed E-state index contributed by atoms with van der Waals surface area (Å²) in [5, 5.41) is 15.1. The Labute approximate surface area is 110 Å². The van der Waals surface area contributed by atoms with Gasteiger partial charge in [0.2, 0.25) is 5.91 Å². The number of hydrogen-bond donors (Lipinski definition) is 2. The Bertz CT molecular complexity index is 355. The lowest BCUT2D eigenvalue weighted by Gasteiger charge is -2.09. The van der Waals surface area contributed by atoms with Gasteiger partial charge in [-0.2, -0.15) is 11.8 Å². The molecule has 1 atom stereocenters. The molecule has 0 aliphatic heterocycles. The predicted octanol–water partition coefficient (Wildman–Crippen LogP) is 1.44. The van der Waals surface area contributed by atoms with Crippen LogP contribution in [0.1, 0.15) is 24.0 Å². The lowest BCUT2D eigenvalue weighted by atomic mass is 10.2. The highest BCUT2D eigenvalue weighted by Gasteiger charge is 2.14. The number of amides is 1. The van der Waals surface area contributed by atoms with E-state index < -0.39 is 6.10 Å². The maximum absolute atomic E-state index is 11.5. The normalized spacial score (nSPS) is 12.4. The Balaban J connectivity index is 2.32. The monoisotopic (exact) mass is 274 g/mol. The number of carbonyl (C=O) groups is 1. The number of thiazole rings is 1. The van der Waals surface area contributed by atoms with Crippen LogP contribution in [0, 0.1) is 0 Å². The number of hydrogen-bond acceptors (Lipinski definition) is 5. The highest BCUT2D eigenvalue weighted by Crippen LogP contribution is 2.10. The number of nitrogens with one attached hydrogen (secondary N) is 1. The Hall–Kier alpha value is -0.590. The van der Waals surface area contributed by atoms with Crippen LogP contribution in [0.5, 0.6) is 0 Å². The molecular formula is C11H18N2O2S2. The molecule has 0 saturated heterocycles. The summed E-state index contributed by atoms with van der Waals surface area (Å²) in [7, 11) is 0. The van der Waals surface area contributed by atoms with Gasteiger partial charge in [0, 0.05) is 5.38 Å². The SMILES string of the molecule is CCc1csc(CNC(=O)[C@@H](O)CCSC)n1. The van der Waals surface area contributed by atoms with Gasteiger partial charge >= 0.3 is 0 Å². The molecule has 1 aromatic rings. The summed E-state index contributed by atoms with van der Waals surface area (Å²) < 4.78 is 0. The molecule has 0 aromatic carbocycles. The highest BCUT2D eigenvalue weighted by molar-refractivity contribution is 7.98. The maximum atomic E-state index is 11.5. The molecule has 0 aliphatic carbocycles. The number of aliphatic hydroxyl groups excluding tert-OH is 1. The van der Waals surface area contributed by atoms with Gasteiger partial charge in [0.05, 0.1) is 12.2 Å². The fourth-order valence-electron chi connectivity index (χ4n) is 1.23. The lowest BCUT2D eigenvalue weighted by Crippen LogP contribution is -2.34. The quantitative estimate of drug-likeness (QED) is 0.790. The molecule has 0 aliphatic rings. The Morgan fingerprint density at radius 3 is 3.06 bits per heavy atom. The van der Waals surface area contributed by atoms with Crippen LogP contribution in [0.15, 0.2) is 5.38 Å². The van der Waals surface area contributed by atoms with Gasteiger partial charge in [-0.05, 0) is 24.9 Å². The number of rotatable bonds is 7.